The van der Waals surface area contributed by atoms with Crippen LogP contribution in [-0.4, -0.2) is 34.9 Å². The van der Waals surface area contributed by atoms with Gasteiger partial charge in [-0.25, -0.2) is 4.98 Å². The number of nitrogens with zero attached hydrogens (tertiary/aromatic N) is 1. The van der Waals surface area contributed by atoms with E-state index in [0.29, 0.717) is 13.0 Å². The van der Waals surface area contributed by atoms with E-state index in [4.69, 9.17) is 0 Å². The summed E-state index contributed by atoms with van der Waals surface area (Å²) in [6.07, 6.45) is 4.05. The largest absolute Gasteiger partial charge is 0.354 e. The van der Waals surface area contributed by atoms with Gasteiger partial charge in [0, 0.05) is 30.8 Å². The van der Waals surface area contributed by atoms with Crippen LogP contribution in [0.4, 0.5) is 0 Å². The molecule has 1 rings (SSSR count). The van der Waals surface area contributed by atoms with Crippen molar-refractivity contribution in [3.8, 4) is 0 Å². The van der Waals surface area contributed by atoms with Crippen LogP contribution in [0.15, 0.2) is 12.4 Å². The van der Waals surface area contributed by atoms with Gasteiger partial charge in [-0.2, -0.15) is 0 Å². The van der Waals surface area contributed by atoms with Crippen molar-refractivity contribution in [3.05, 3.63) is 18.2 Å². The Morgan fingerprint density at radius 3 is 2.61 bits per heavy atom. The van der Waals surface area contributed by atoms with Crippen LogP contribution < -0.4 is 10.6 Å². The lowest BCUT2D eigenvalue weighted by Gasteiger charge is -2.17. The van der Waals surface area contributed by atoms with Crippen LogP contribution in [0.3, 0.4) is 0 Å². The quantitative estimate of drug-likeness (QED) is 0.701. The van der Waals surface area contributed by atoms with Gasteiger partial charge in [-0.05, 0) is 0 Å². The number of amides is 2. The third-order valence-corrected chi connectivity index (χ3v) is 2.33. The molecule has 0 saturated carbocycles. The minimum atomic E-state index is -0.478. The van der Waals surface area contributed by atoms with E-state index in [0.717, 1.165) is 5.82 Å². The van der Waals surface area contributed by atoms with Gasteiger partial charge in [0.2, 0.25) is 11.8 Å². The molecular weight excluding hydrogens is 232 g/mol. The van der Waals surface area contributed by atoms with E-state index in [1.807, 2.05) is 0 Å². The van der Waals surface area contributed by atoms with Gasteiger partial charge < -0.3 is 15.6 Å². The van der Waals surface area contributed by atoms with Gasteiger partial charge in [0.15, 0.2) is 0 Å². The summed E-state index contributed by atoms with van der Waals surface area (Å²) in [4.78, 5) is 30.0. The number of nitrogens with one attached hydrogen (secondary N) is 3. The second-order valence-corrected chi connectivity index (χ2v) is 5.07. The van der Waals surface area contributed by atoms with E-state index in [1.165, 1.54) is 0 Å². The normalized spacial score (nSPS) is 11.1. The van der Waals surface area contributed by atoms with Crippen molar-refractivity contribution in [1.82, 2.24) is 20.6 Å². The monoisotopic (exact) mass is 252 g/mol. The number of carbonyl (C=O) groups excluding carboxylic acids is 2. The molecule has 0 aliphatic rings. The lowest BCUT2D eigenvalue weighted by Crippen LogP contribution is -2.42. The number of H-pyrrole nitrogens is 1. The van der Waals surface area contributed by atoms with Gasteiger partial charge >= 0.3 is 0 Å². The molecule has 6 heteroatoms. The molecule has 0 unspecified atom stereocenters. The molecule has 0 saturated heterocycles. The Morgan fingerprint density at radius 1 is 1.33 bits per heavy atom. The van der Waals surface area contributed by atoms with Crippen LogP contribution in [0.5, 0.6) is 0 Å². The number of hydrogen-bond donors (Lipinski definition) is 3. The molecular formula is C12H20N4O2. The molecule has 0 spiro atoms. The Labute approximate surface area is 107 Å². The number of aromatic nitrogens is 2. The van der Waals surface area contributed by atoms with Crippen molar-refractivity contribution >= 4 is 11.8 Å². The standard InChI is InChI=1S/C12H20N4O2/c1-12(2,3)11(18)16-8-10(17)15-5-4-9-13-6-7-14-9/h6-7H,4-5,8H2,1-3H3,(H,13,14)(H,15,17)(H,16,18). The maximum Gasteiger partial charge on any atom is 0.239 e. The van der Waals surface area contributed by atoms with Crippen molar-refractivity contribution < 1.29 is 9.59 Å². The van der Waals surface area contributed by atoms with Crippen molar-refractivity contribution in [2.24, 2.45) is 5.41 Å². The maximum absolute atomic E-state index is 11.5. The number of rotatable bonds is 5. The predicted octanol–water partition coefficient (Wildman–Crippen LogP) is 0.231. The second-order valence-electron chi connectivity index (χ2n) is 5.07. The smallest absolute Gasteiger partial charge is 0.239 e. The third kappa shape index (κ3) is 4.99. The highest BCUT2D eigenvalue weighted by molar-refractivity contribution is 5.87. The number of imidazole rings is 1. The summed E-state index contributed by atoms with van der Waals surface area (Å²) in [5, 5.41) is 5.31. The SMILES string of the molecule is CC(C)(C)C(=O)NCC(=O)NCCc1ncc[nH]1. The van der Waals surface area contributed by atoms with Gasteiger partial charge in [-0.3, -0.25) is 9.59 Å². The Hall–Kier alpha value is -1.85. The first-order valence-electron chi connectivity index (χ1n) is 5.93. The molecule has 1 aromatic heterocycles. The van der Waals surface area contributed by atoms with Gasteiger partial charge in [-0.1, -0.05) is 20.8 Å². The fraction of sp³-hybridized carbons (Fsp3) is 0.583. The summed E-state index contributed by atoms with van der Waals surface area (Å²) in [6, 6.07) is 0. The fourth-order valence-corrected chi connectivity index (χ4v) is 1.24. The first-order chi connectivity index (χ1) is 8.39. The Kier molecular flexibility index (Phi) is 4.88. The average molecular weight is 252 g/mol. The molecule has 0 bridgehead atoms. The van der Waals surface area contributed by atoms with Crippen LogP contribution >= 0.6 is 0 Å². The molecule has 0 aliphatic heterocycles. The summed E-state index contributed by atoms with van der Waals surface area (Å²) >= 11 is 0. The summed E-state index contributed by atoms with van der Waals surface area (Å²) < 4.78 is 0. The van der Waals surface area contributed by atoms with E-state index in [-0.39, 0.29) is 18.4 Å². The lowest BCUT2D eigenvalue weighted by molar-refractivity contribution is -0.131. The van der Waals surface area contributed by atoms with Crippen LogP contribution in [0.2, 0.25) is 0 Å². The zero-order valence-corrected chi connectivity index (χ0v) is 11.0. The van der Waals surface area contributed by atoms with Crippen LogP contribution in [0.1, 0.15) is 26.6 Å². The van der Waals surface area contributed by atoms with Crippen LogP contribution in [-0.2, 0) is 16.0 Å². The van der Waals surface area contributed by atoms with Crippen molar-refractivity contribution in [1.29, 1.82) is 0 Å². The Balaban J connectivity index is 2.16. The highest BCUT2D eigenvalue weighted by Crippen LogP contribution is 2.11. The number of carbonyl (C=O) groups is 2. The lowest BCUT2D eigenvalue weighted by atomic mass is 9.96. The molecule has 100 valence electrons. The molecule has 3 N–H and O–H groups in total. The zero-order valence-electron chi connectivity index (χ0n) is 11.0. The second kappa shape index (κ2) is 6.18. The zero-order chi connectivity index (χ0) is 13.6. The summed E-state index contributed by atoms with van der Waals surface area (Å²) in [5.74, 6) is 0.497. The highest BCUT2D eigenvalue weighted by atomic mass is 16.2. The molecule has 0 atom stereocenters. The third-order valence-electron chi connectivity index (χ3n) is 2.33. The van der Waals surface area contributed by atoms with E-state index >= 15 is 0 Å². The van der Waals surface area contributed by atoms with E-state index < -0.39 is 5.41 Å². The molecule has 18 heavy (non-hydrogen) atoms. The first kappa shape index (κ1) is 14.2. The minimum Gasteiger partial charge on any atom is -0.354 e. The summed E-state index contributed by atoms with van der Waals surface area (Å²) in [7, 11) is 0. The molecule has 2 amide bonds. The molecule has 6 nitrogen and oxygen atoms in total. The van der Waals surface area contributed by atoms with E-state index in [2.05, 4.69) is 20.6 Å². The Morgan fingerprint density at radius 2 is 2.06 bits per heavy atom. The molecule has 1 aromatic rings. The van der Waals surface area contributed by atoms with E-state index in [1.54, 1.807) is 33.2 Å². The topological polar surface area (TPSA) is 86.9 Å². The summed E-state index contributed by atoms with van der Waals surface area (Å²) in [5.41, 5.74) is -0.478. The van der Waals surface area contributed by atoms with E-state index in [9.17, 15) is 9.59 Å². The molecule has 0 fully saturated rings. The fourth-order valence-electron chi connectivity index (χ4n) is 1.24. The molecule has 0 aromatic carbocycles. The summed E-state index contributed by atoms with van der Waals surface area (Å²) in [6.45, 7) is 5.91. The van der Waals surface area contributed by atoms with Gasteiger partial charge in [0.05, 0.1) is 6.54 Å². The predicted molar refractivity (Wildman–Crippen MR) is 67.8 cm³/mol. The van der Waals surface area contributed by atoms with Crippen molar-refractivity contribution in [2.45, 2.75) is 27.2 Å². The molecule has 0 aliphatic carbocycles. The number of hydrogen-bond acceptors (Lipinski definition) is 3. The van der Waals surface area contributed by atoms with Gasteiger partial charge in [0.25, 0.3) is 0 Å². The molecule has 0 radical (unpaired) electrons. The minimum absolute atomic E-state index is 0.00819. The Bertz CT molecular complexity index is 393. The number of aromatic amines is 1. The first-order valence-corrected chi connectivity index (χ1v) is 5.93. The van der Waals surface area contributed by atoms with Gasteiger partial charge in [0.1, 0.15) is 5.82 Å². The van der Waals surface area contributed by atoms with Crippen LogP contribution in [0, 0.1) is 5.41 Å². The highest BCUT2D eigenvalue weighted by Gasteiger charge is 2.21. The maximum atomic E-state index is 11.5. The van der Waals surface area contributed by atoms with Gasteiger partial charge in [-0.15, -0.1) is 0 Å². The average Bonchev–Trinajstić information content (AvgIpc) is 2.77. The van der Waals surface area contributed by atoms with Crippen molar-refractivity contribution in [2.75, 3.05) is 13.1 Å². The van der Waals surface area contributed by atoms with Crippen LogP contribution in [0.25, 0.3) is 0 Å². The van der Waals surface area contributed by atoms with Crippen molar-refractivity contribution in [3.63, 3.8) is 0 Å². The molecule has 1 heterocycles.